The summed E-state index contributed by atoms with van der Waals surface area (Å²) in [5.41, 5.74) is 0.359. The van der Waals surface area contributed by atoms with Crippen LogP contribution in [0.25, 0.3) is 0 Å². The number of aryl methyl sites for hydroxylation is 2. The predicted molar refractivity (Wildman–Crippen MR) is 80.9 cm³/mol. The lowest BCUT2D eigenvalue weighted by Crippen LogP contribution is -2.57. The van der Waals surface area contributed by atoms with Crippen LogP contribution >= 0.6 is 0 Å². The molecule has 1 atom stereocenters. The third-order valence-electron chi connectivity index (χ3n) is 5.07. The lowest BCUT2D eigenvalue weighted by atomic mass is 9.70. The van der Waals surface area contributed by atoms with Crippen molar-refractivity contribution in [2.24, 2.45) is 5.92 Å². The van der Waals surface area contributed by atoms with Crippen LogP contribution in [0.4, 0.5) is 13.2 Å². The van der Waals surface area contributed by atoms with Gasteiger partial charge in [-0.15, -0.1) is 0 Å². The number of carbonyl (C=O) groups is 1. The van der Waals surface area contributed by atoms with E-state index in [9.17, 15) is 23.1 Å². The van der Waals surface area contributed by atoms with Gasteiger partial charge in [-0.1, -0.05) is 6.07 Å². The van der Waals surface area contributed by atoms with E-state index in [0.717, 1.165) is 16.7 Å². The van der Waals surface area contributed by atoms with Gasteiger partial charge in [0.05, 0.1) is 0 Å². The molecule has 0 saturated heterocycles. The molecule has 1 aliphatic carbocycles. The SMILES string of the molecule is Cc1cc2c(cc1C)C(C(=O)NCC1CC(O)(C(F)(F)F)C1)CO2. The minimum atomic E-state index is -4.61. The fraction of sp³-hybridized carbons (Fsp3) is 0.588. The van der Waals surface area contributed by atoms with E-state index in [4.69, 9.17) is 4.74 Å². The number of rotatable bonds is 3. The number of amides is 1. The van der Waals surface area contributed by atoms with E-state index < -0.39 is 17.7 Å². The number of fused-ring (bicyclic) bond motifs is 1. The molecule has 132 valence electrons. The van der Waals surface area contributed by atoms with E-state index in [1.165, 1.54) is 0 Å². The average Bonchev–Trinajstić information content (AvgIpc) is 2.84. The fourth-order valence-electron chi connectivity index (χ4n) is 3.33. The molecule has 1 amide bonds. The number of ether oxygens (including phenoxy) is 1. The highest BCUT2D eigenvalue weighted by atomic mass is 19.4. The second-order valence-electron chi connectivity index (χ2n) is 6.89. The van der Waals surface area contributed by atoms with Crippen LogP contribution in [0.5, 0.6) is 5.75 Å². The zero-order valence-corrected chi connectivity index (χ0v) is 13.5. The maximum atomic E-state index is 12.6. The van der Waals surface area contributed by atoms with Crippen molar-refractivity contribution >= 4 is 5.91 Å². The normalized spacial score (nSPS) is 28.8. The van der Waals surface area contributed by atoms with E-state index in [1.54, 1.807) is 0 Å². The van der Waals surface area contributed by atoms with E-state index in [2.05, 4.69) is 5.32 Å². The summed E-state index contributed by atoms with van der Waals surface area (Å²) in [6.07, 6.45) is -5.35. The van der Waals surface area contributed by atoms with Crippen molar-refractivity contribution < 1.29 is 27.8 Å². The number of aliphatic hydroxyl groups is 1. The topological polar surface area (TPSA) is 58.6 Å². The first-order valence-corrected chi connectivity index (χ1v) is 7.91. The van der Waals surface area contributed by atoms with Crippen molar-refractivity contribution in [1.82, 2.24) is 5.32 Å². The Morgan fingerprint density at radius 3 is 2.58 bits per heavy atom. The molecule has 1 aromatic rings. The summed E-state index contributed by atoms with van der Waals surface area (Å²) in [5.74, 6) is -0.365. The molecule has 2 aliphatic rings. The second kappa shape index (κ2) is 5.65. The average molecular weight is 343 g/mol. The van der Waals surface area contributed by atoms with Crippen molar-refractivity contribution in [3.63, 3.8) is 0 Å². The van der Waals surface area contributed by atoms with Gasteiger partial charge in [0, 0.05) is 12.1 Å². The van der Waals surface area contributed by atoms with Crippen LogP contribution in [0.15, 0.2) is 12.1 Å². The van der Waals surface area contributed by atoms with Crippen LogP contribution in [-0.4, -0.2) is 35.9 Å². The molecule has 2 N–H and O–H groups in total. The Morgan fingerprint density at radius 2 is 1.96 bits per heavy atom. The zero-order chi connectivity index (χ0) is 17.7. The van der Waals surface area contributed by atoms with Gasteiger partial charge >= 0.3 is 6.18 Å². The number of hydrogen-bond acceptors (Lipinski definition) is 3. The Hall–Kier alpha value is -1.76. The van der Waals surface area contributed by atoms with Gasteiger partial charge in [-0.2, -0.15) is 13.2 Å². The largest absolute Gasteiger partial charge is 0.492 e. The molecule has 0 aromatic heterocycles. The Kier molecular flexibility index (Phi) is 4.02. The Labute approximate surface area is 138 Å². The van der Waals surface area contributed by atoms with E-state index in [1.807, 2.05) is 26.0 Å². The summed E-state index contributed by atoms with van der Waals surface area (Å²) >= 11 is 0. The Balaban J connectivity index is 1.56. The van der Waals surface area contributed by atoms with Crippen LogP contribution < -0.4 is 10.1 Å². The zero-order valence-electron chi connectivity index (χ0n) is 13.5. The first kappa shape index (κ1) is 17.1. The van der Waals surface area contributed by atoms with Crippen LogP contribution in [0.1, 0.15) is 35.4 Å². The Morgan fingerprint density at radius 1 is 1.33 bits per heavy atom. The molecule has 1 unspecified atom stereocenters. The molecule has 0 spiro atoms. The van der Waals surface area contributed by atoms with Gasteiger partial charge in [0.25, 0.3) is 0 Å². The van der Waals surface area contributed by atoms with Gasteiger partial charge in [-0.25, -0.2) is 0 Å². The molecular weight excluding hydrogens is 323 g/mol. The summed E-state index contributed by atoms with van der Waals surface area (Å²) in [5, 5.41) is 12.1. The van der Waals surface area contributed by atoms with Crippen molar-refractivity contribution in [2.45, 2.75) is 44.4 Å². The van der Waals surface area contributed by atoms with Gasteiger partial charge < -0.3 is 15.2 Å². The quantitative estimate of drug-likeness (QED) is 0.887. The molecule has 1 fully saturated rings. The van der Waals surface area contributed by atoms with Gasteiger partial charge in [0.15, 0.2) is 5.60 Å². The number of benzene rings is 1. The number of alkyl halides is 3. The van der Waals surface area contributed by atoms with Crippen LogP contribution in [-0.2, 0) is 4.79 Å². The fourth-order valence-corrected chi connectivity index (χ4v) is 3.33. The molecule has 1 aromatic carbocycles. The van der Waals surface area contributed by atoms with E-state index in [0.29, 0.717) is 5.75 Å². The van der Waals surface area contributed by atoms with Gasteiger partial charge in [0.2, 0.25) is 5.91 Å². The summed E-state index contributed by atoms with van der Waals surface area (Å²) in [6.45, 7) is 4.29. The van der Waals surface area contributed by atoms with Gasteiger partial charge in [-0.05, 0) is 49.8 Å². The second-order valence-corrected chi connectivity index (χ2v) is 6.89. The van der Waals surface area contributed by atoms with Crippen LogP contribution in [0.2, 0.25) is 0 Å². The molecular formula is C17H20F3NO3. The molecule has 1 aliphatic heterocycles. The minimum absolute atomic E-state index is 0.133. The molecule has 0 radical (unpaired) electrons. The third-order valence-corrected chi connectivity index (χ3v) is 5.07. The first-order chi connectivity index (χ1) is 11.1. The maximum Gasteiger partial charge on any atom is 0.417 e. The van der Waals surface area contributed by atoms with Crippen molar-refractivity contribution in [3.8, 4) is 5.75 Å². The third kappa shape index (κ3) is 2.85. The molecule has 1 saturated carbocycles. The van der Waals surface area contributed by atoms with Crippen LogP contribution in [0, 0.1) is 19.8 Å². The molecule has 0 bridgehead atoms. The number of carbonyl (C=O) groups excluding carboxylic acids is 1. The summed E-state index contributed by atoms with van der Waals surface area (Å²) in [7, 11) is 0. The smallest absolute Gasteiger partial charge is 0.417 e. The molecule has 3 rings (SSSR count). The number of hydrogen-bond donors (Lipinski definition) is 2. The molecule has 7 heteroatoms. The first-order valence-electron chi connectivity index (χ1n) is 7.91. The minimum Gasteiger partial charge on any atom is -0.492 e. The molecule has 24 heavy (non-hydrogen) atoms. The standard InChI is InChI=1S/C17H20F3NO3/c1-9-3-12-13(8-24-14(12)4-10(9)2)15(22)21-7-11-5-16(23,6-11)17(18,19)20/h3-4,11,13,23H,5-8H2,1-2H3,(H,21,22). The summed E-state index contributed by atoms with van der Waals surface area (Å²) < 4.78 is 43.3. The lowest BCUT2D eigenvalue weighted by Gasteiger charge is -2.44. The van der Waals surface area contributed by atoms with Crippen molar-refractivity contribution in [1.29, 1.82) is 0 Å². The maximum absolute atomic E-state index is 12.6. The monoisotopic (exact) mass is 343 g/mol. The summed E-state index contributed by atoms with van der Waals surface area (Å²) in [6, 6.07) is 3.82. The van der Waals surface area contributed by atoms with Crippen molar-refractivity contribution in [2.75, 3.05) is 13.2 Å². The molecule has 1 heterocycles. The number of halogens is 3. The Bertz CT molecular complexity index is 666. The number of nitrogens with one attached hydrogen (secondary N) is 1. The lowest BCUT2D eigenvalue weighted by molar-refractivity contribution is -0.298. The van der Waals surface area contributed by atoms with Crippen molar-refractivity contribution in [3.05, 3.63) is 28.8 Å². The summed E-state index contributed by atoms with van der Waals surface area (Å²) in [4.78, 5) is 12.3. The van der Waals surface area contributed by atoms with Crippen LogP contribution in [0.3, 0.4) is 0 Å². The highest BCUT2D eigenvalue weighted by Crippen LogP contribution is 2.48. The van der Waals surface area contributed by atoms with Gasteiger partial charge in [-0.3, -0.25) is 4.79 Å². The predicted octanol–water partition coefficient (Wildman–Crippen LogP) is 2.60. The van der Waals surface area contributed by atoms with E-state index in [-0.39, 0.29) is 37.8 Å². The highest BCUT2D eigenvalue weighted by molar-refractivity contribution is 5.85. The molecule has 4 nitrogen and oxygen atoms in total. The van der Waals surface area contributed by atoms with Gasteiger partial charge in [0.1, 0.15) is 18.3 Å². The highest BCUT2D eigenvalue weighted by Gasteiger charge is 2.60. The van der Waals surface area contributed by atoms with E-state index >= 15 is 0 Å².